The van der Waals surface area contributed by atoms with Gasteiger partial charge in [0.1, 0.15) is 24.2 Å². The molecule has 1 aromatic carbocycles. The van der Waals surface area contributed by atoms with E-state index < -0.39 is 12.1 Å². The Morgan fingerprint density at radius 2 is 2.26 bits per heavy atom. The number of hydrogen-bond donors (Lipinski definition) is 0. The molecule has 2 rings (SSSR count). The van der Waals surface area contributed by atoms with E-state index in [1.165, 1.54) is 7.11 Å². The molecule has 0 fully saturated rings. The molecule has 126 valence electrons. The number of ether oxygens (including phenoxy) is 3. The van der Waals surface area contributed by atoms with Crippen LogP contribution in [0.15, 0.2) is 23.4 Å². The SMILES string of the molecule is CCO[C@@H]1CON=C1c1cc(Cl)ccc1O[C@@H](CC)C(=O)OC. The van der Waals surface area contributed by atoms with Gasteiger partial charge in [0.25, 0.3) is 0 Å². The zero-order chi connectivity index (χ0) is 16.8. The zero-order valence-corrected chi connectivity index (χ0v) is 14.1. The molecule has 1 heterocycles. The van der Waals surface area contributed by atoms with Gasteiger partial charge < -0.3 is 19.0 Å². The first-order valence-electron chi connectivity index (χ1n) is 7.46. The molecule has 1 aliphatic rings. The number of hydrogen-bond acceptors (Lipinski definition) is 6. The minimum Gasteiger partial charge on any atom is -0.478 e. The molecule has 0 spiro atoms. The van der Waals surface area contributed by atoms with Crippen LogP contribution in [-0.4, -0.2) is 44.2 Å². The van der Waals surface area contributed by atoms with Crippen LogP contribution < -0.4 is 4.74 Å². The van der Waals surface area contributed by atoms with Crippen molar-refractivity contribution in [3.8, 4) is 5.75 Å². The highest BCUT2D eigenvalue weighted by Crippen LogP contribution is 2.28. The molecule has 0 saturated heterocycles. The van der Waals surface area contributed by atoms with Crippen molar-refractivity contribution >= 4 is 23.3 Å². The second-order valence-corrected chi connectivity index (χ2v) is 5.33. The van der Waals surface area contributed by atoms with Crippen LogP contribution in [0.4, 0.5) is 0 Å². The van der Waals surface area contributed by atoms with Gasteiger partial charge in [-0.15, -0.1) is 0 Å². The largest absolute Gasteiger partial charge is 0.478 e. The highest BCUT2D eigenvalue weighted by Gasteiger charge is 2.29. The Labute approximate surface area is 140 Å². The summed E-state index contributed by atoms with van der Waals surface area (Å²) in [6.07, 6.45) is -0.514. The molecule has 1 aliphatic heterocycles. The zero-order valence-electron chi connectivity index (χ0n) is 13.4. The highest BCUT2D eigenvalue weighted by molar-refractivity contribution is 6.31. The Balaban J connectivity index is 2.32. The Morgan fingerprint density at radius 1 is 1.48 bits per heavy atom. The van der Waals surface area contributed by atoms with Crippen LogP contribution >= 0.6 is 11.6 Å². The number of oxime groups is 1. The van der Waals surface area contributed by atoms with Crippen LogP contribution in [0.2, 0.25) is 5.02 Å². The minimum atomic E-state index is -0.701. The van der Waals surface area contributed by atoms with E-state index in [1.807, 2.05) is 13.8 Å². The van der Waals surface area contributed by atoms with Crippen LogP contribution in [0, 0.1) is 0 Å². The number of benzene rings is 1. The van der Waals surface area contributed by atoms with Crippen molar-refractivity contribution in [1.29, 1.82) is 0 Å². The number of methoxy groups -OCH3 is 1. The predicted molar refractivity (Wildman–Crippen MR) is 86.1 cm³/mol. The Hall–Kier alpha value is -1.79. The highest BCUT2D eigenvalue weighted by atomic mass is 35.5. The van der Waals surface area contributed by atoms with E-state index in [0.717, 1.165) is 0 Å². The number of halogens is 1. The molecule has 6 nitrogen and oxygen atoms in total. The molecule has 0 aliphatic carbocycles. The van der Waals surface area contributed by atoms with E-state index >= 15 is 0 Å². The number of carbonyl (C=O) groups excluding carboxylic acids is 1. The maximum Gasteiger partial charge on any atom is 0.347 e. The molecule has 0 aromatic heterocycles. The molecule has 0 N–H and O–H groups in total. The lowest BCUT2D eigenvalue weighted by molar-refractivity contribution is -0.148. The maximum atomic E-state index is 11.8. The summed E-state index contributed by atoms with van der Waals surface area (Å²) in [6.45, 7) is 4.61. The third-order valence-electron chi connectivity index (χ3n) is 3.38. The van der Waals surface area contributed by atoms with E-state index in [4.69, 9.17) is 30.6 Å². The lowest BCUT2D eigenvalue weighted by atomic mass is 10.0. The fraction of sp³-hybridized carbons (Fsp3) is 0.500. The fourth-order valence-electron chi connectivity index (χ4n) is 2.25. The van der Waals surface area contributed by atoms with Gasteiger partial charge in [-0.1, -0.05) is 23.7 Å². The summed E-state index contributed by atoms with van der Waals surface area (Å²) < 4.78 is 16.2. The number of esters is 1. The summed E-state index contributed by atoms with van der Waals surface area (Å²) in [5, 5.41) is 4.57. The first kappa shape index (κ1) is 17.6. The number of carbonyl (C=O) groups is 1. The second kappa shape index (κ2) is 8.17. The quantitative estimate of drug-likeness (QED) is 0.713. The molecule has 0 saturated carbocycles. The second-order valence-electron chi connectivity index (χ2n) is 4.89. The first-order chi connectivity index (χ1) is 11.1. The summed E-state index contributed by atoms with van der Waals surface area (Å²) in [7, 11) is 1.33. The summed E-state index contributed by atoms with van der Waals surface area (Å²) in [4.78, 5) is 16.9. The van der Waals surface area contributed by atoms with Crippen LogP contribution in [0.5, 0.6) is 5.75 Å². The molecule has 7 heteroatoms. The molecule has 1 aromatic rings. The van der Waals surface area contributed by atoms with E-state index in [1.54, 1.807) is 18.2 Å². The lowest BCUT2D eigenvalue weighted by Gasteiger charge is -2.19. The number of nitrogens with zero attached hydrogens (tertiary/aromatic N) is 1. The van der Waals surface area contributed by atoms with Gasteiger partial charge in [0.2, 0.25) is 0 Å². The van der Waals surface area contributed by atoms with E-state index in [0.29, 0.717) is 41.7 Å². The Morgan fingerprint density at radius 3 is 2.91 bits per heavy atom. The minimum absolute atomic E-state index is 0.293. The molecule has 23 heavy (non-hydrogen) atoms. The predicted octanol–water partition coefficient (Wildman–Crippen LogP) is 2.81. The summed E-state index contributed by atoms with van der Waals surface area (Å²) >= 11 is 6.10. The van der Waals surface area contributed by atoms with Crippen molar-refractivity contribution in [2.45, 2.75) is 32.5 Å². The van der Waals surface area contributed by atoms with Crippen molar-refractivity contribution < 1.29 is 23.8 Å². The molecule has 0 radical (unpaired) electrons. The monoisotopic (exact) mass is 341 g/mol. The van der Waals surface area contributed by atoms with Crippen molar-refractivity contribution in [3.63, 3.8) is 0 Å². The van der Waals surface area contributed by atoms with Gasteiger partial charge in [0.05, 0.1) is 7.11 Å². The van der Waals surface area contributed by atoms with Crippen molar-refractivity contribution in [1.82, 2.24) is 0 Å². The molecule has 0 amide bonds. The smallest absolute Gasteiger partial charge is 0.347 e. The van der Waals surface area contributed by atoms with Crippen molar-refractivity contribution in [2.24, 2.45) is 5.16 Å². The first-order valence-corrected chi connectivity index (χ1v) is 7.84. The maximum absolute atomic E-state index is 11.8. The lowest BCUT2D eigenvalue weighted by Crippen LogP contribution is -2.30. The molecule has 0 unspecified atom stereocenters. The molecule has 2 atom stereocenters. The van der Waals surface area contributed by atoms with Crippen LogP contribution in [0.1, 0.15) is 25.8 Å². The Bertz CT molecular complexity index is 590. The third kappa shape index (κ3) is 4.14. The fourth-order valence-corrected chi connectivity index (χ4v) is 2.42. The summed E-state index contributed by atoms with van der Waals surface area (Å²) in [5.74, 6) is 0.0555. The van der Waals surface area contributed by atoms with Crippen LogP contribution in [0.25, 0.3) is 0 Å². The van der Waals surface area contributed by atoms with Gasteiger partial charge in [-0.25, -0.2) is 4.79 Å². The summed E-state index contributed by atoms with van der Waals surface area (Å²) in [6, 6.07) is 5.12. The van der Waals surface area contributed by atoms with Gasteiger partial charge in [0, 0.05) is 17.2 Å². The topological polar surface area (TPSA) is 66.3 Å². The normalized spacial score (nSPS) is 18.1. The molecular weight excluding hydrogens is 322 g/mol. The van der Waals surface area contributed by atoms with Crippen molar-refractivity contribution in [3.05, 3.63) is 28.8 Å². The van der Waals surface area contributed by atoms with Gasteiger partial charge in [-0.05, 0) is 31.5 Å². The standard InChI is InChI=1S/C16H20ClNO5/c1-4-12(16(19)20-3)23-13-7-6-10(17)8-11(13)15-14(21-5-2)9-22-18-15/h6-8,12,14H,4-5,9H2,1-3H3/t12-,14+/m0/s1. The van der Waals surface area contributed by atoms with E-state index in [-0.39, 0.29) is 6.10 Å². The summed E-state index contributed by atoms with van der Waals surface area (Å²) in [5.41, 5.74) is 1.25. The van der Waals surface area contributed by atoms with Gasteiger partial charge >= 0.3 is 5.97 Å². The van der Waals surface area contributed by atoms with E-state index in [9.17, 15) is 4.79 Å². The molecular formula is C16H20ClNO5. The average Bonchev–Trinajstić information content (AvgIpc) is 3.01. The van der Waals surface area contributed by atoms with Gasteiger partial charge in [-0.3, -0.25) is 0 Å². The third-order valence-corrected chi connectivity index (χ3v) is 3.62. The van der Waals surface area contributed by atoms with Gasteiger partial charge in [0.15, 0.2) is 6.10 Å². The Kier molecular flexibility index (Phi) is 6.24. The van der Waals surface area contributed by atoms with Crippen LogP contribution in [0.3, 0.4) is 0 Å². The van der Waals surface area contributed by atoms with Crippen molar-refractivity contribution in [2.75, 3.05) is 20.3 Å². The van der Waals surface area contributed by atoms with E-state index in [2.05, 4.69) is 5.16 Å². The average molecular weight is 342 g/mol. The van der Waals surface area contributed by atoms with Gasteiger partial charge in [-0.2, -0.15) is 0 Å². The number of rotatable bonds is 7. The molecule has 0 bridgehead atoms. The van der Waals surface area contributed by atoms with Crippen LogP contribution in [-0.2, 0) is 19.1 Å².